The van der Waals surface area contributed by atoms with Gasteiger partial charge in [-0.05, 0) is 12.1 Å². The van der Waals surface area contributed by atoms with Crippen molar-refractivity contribution < 1.29 is 23.8 Å². The monoisotopic (exact) mass is 302 g/mol. The lowest BCUT2D eigenvalue weighted by molar-refractivity contribution is -0.147. The third-order valence-corrected chi connectivity index (χ3v) is 3.18. The van der Waals surface area contributed by atoms with Crippen molar-refractivity contribution in [3.63, 3.8) is 0 Å². The second kappa shape index (κ2) is 6.06. The molecule has 20 heavy (non-hydrogen) atoms. The zero-order chi connectivity index (χ0) is 14.7. The van der Waals surface area contributed by atoms with Crippen molar-refractivity contribution in [1.82, 2.24) is 4.90 Å². The molecule has 2 rings (SSSR count). The summed E-state index contributed by atoms with van der Waals surface area (Å²) >= 11 is 5.80. The third kappa shape index (κ3) is 3.00. The van der Waals surface area contributed by atoms with Gasteiger partial charge in [-0.1, -0.05) is 17.7 Å². The second-order valence-corrected chi connectivity index (χ2v) is 4.56. The number of carbonyl (C=O) groups excluding carboxylic acids is 1. The Bertz CT molecular complexity index is 520. The average Bonchev–Trinajstić information content (AvgIpc) is 2.43. The molecule has 1 unspecified atom stereocenters. The number of hydrogen-bond acceptors (Lipinski definition) is 3. The standard InChI is InChI=1S/C12H12ClFN2O4/c13-7-2-1-3-8(14)10(7)15-12(19)16-4-5-20-6-9(16)11(17)18/h1-3,9H,4-6H2,(H,15,19)(H,17,18). The molecule has 0 aliphatic carbocycles. The van der Waals surface area contributed by atoms with Crippen molar-refractivity contribution >= 4 is 29.3 Å². The van der Waals surface area contributed by atoms with Crippen LogP contribution in [0.1, 0.15) is 0 Å². The molecule has 0 spiro atoms. The topological polar surface area (TPSA) is 78.9 Å². The highest BCUT2D eigenvalue weighted by Crippen LogP contribution is 2.25. The van der Waals surface area contributed by atoms with Crippen molar-refractivity contribution in [2.24, 2.45) is 0 Å². The molecule has 1 aromatic rings. The van der Waals surface area contributed by atoms with Gasteiger partial charge in [0.25, 0.3) is 0 Å². The van der Waals surface area contributed by atoms with Gasteiger partial charge in [-0.25, -0.2) is 14.0 Å². The molecule has 1 atom stereocenters. The number of aliphatic carboxylic acids is 1. The van der Waals surface area contributed by atoms with Gasteiger partial charge in [0, 0.05) is 6.54 Å². The van der Waals surface area contributed by atoms with Gasteiger partial charge in [-0.3, -0.25) is 0 Å². The predicted molar refractivity (Wildman–Crippen MR) is 69.4 cm³/mol. The van der Waals surface area contributed by atoms with E-state index in [2.05, 4.69) is 5.32 Å². The summed E-state index contributed by atoms with van der Waals surface area (Å²) in [4.78, 5) is 24.2. The lowest BCUT2D eigenvalue weighted by Crippen LogP contribution is -2.54. The Labute approximate surface area is 119 Å². The first-order chi connectivity index (χ1) is 9.50. The molecule has 0 radical (unpaired) electrons. The van der Waals surface area contributed by atoms with Gasteiger partial charge >= 0.3 is 12.0 Å². The number of nitrogens with zero attached hydrogens (tertiary/aromatic N) is 1. The molecule has 0 bridgehead atoms. The van der Waals surface area contributed by atoms with Crippen molar-refractivity contribution in [3.8, 4) is 0 Å². The van der Waals surface area contributed by atoms with E-state index >= 15 is 0 Å². The Kier molecular flexibility index (Phi) is 4.41. The lowest BCUT2D eigenvalue weighted by atomic mass is 10.2. The first kappa shape index (κ1) is 14.5. The maximum atomic E-state index is 13.6. The molecule has 6 nitrogen and oxygen atoms in total. The molecule has 1 aliphatic heterocycles. The van der Waals surface area contributed by atoms with Gasteiger partial charge in [-0.2, -0.15) is 0 Å². The van der Waals surface area contributed by atoms with E-state index in [0.717, 1.165) is 11.0 Å². The average molecular weight is 303 g/mol. The minimum Gasteiger partial charge on any atom is -0.480 e. The number of anilines is 1. The summed E-state index contributed by atoms with van der Waals surface area (Å²) in [6, 6.07) is 2.15. The molecule has 2 N–H and O–H groups in total. The van der Waals surface area contributed by atoms with Crippen LogP contribution in [0, 0.1) is 5.82 Å². The Morgan fingerprint density at radius 2 is 2.25 bits per heavy atom. The SMILES string of the molecule is O=C(O)C1COCCN1C(=O)Nc1c(F)cccc1Cl. The molecule has 1 aliphatic rings. The molecule has 1 saturated heterocycles. The van der Waals surface area contributed by atoms with E-state index in [0.29, 0.717) is 0 Å². The minimum absolute atomic E-state index is 0.0403. The van der Waals surface area contributed by atoms with Gasteiger partial charge in [-0.15, -0.1) is 0 Å². The van der Waals surface area contributed by atoms with E-state index in [1.54, 1.807) is 0 Å². The summed E-state index contributed by atoms with van der Waals surface area (Å²) in [5.41, 5.74) is -0.171. The Morgan fingerprint density at radius 3 is 2.90 bits per heavy atom. The number of carbonyl (C=O) groups is 2. The summed E-state index contributed by atoms with van der Waals surface area (Å²) in [6.07, 6.45) is 0. The Morgan fingerprint density at radius 1 is 1.50 bits per heavy atom. The fourth-order valence-electron chi connectivity index (χ4n) is 1.85. The highest BCUT2D eigenvalue weighted by molar-refractivity contribution is 6.33. The second-order valence-electron chi connectivity index (χ2n) is 4.15. The summed E-state index contributed by atoms with van der Waals surface area (Å²) in [5.74, 6) is -1.87. The summed E-state index contributed by atoms with van der Waals surface area (Å²) in [5, 5.41) is 11.4. The quantitative estimate of drug-likeness (QED) is 0.873. The van der Waals surface area contributed by atoms with Crippen LogP contribution in [0.3, 0.4) is 0 Å². The van der Waals surface area contributed by atoms with Crippen LogP contribution in [0.2, 0.25) is 5.02 Å². The number of rotatable bonds is 2. The maximum absolute atomic E-state index is 13.6. The molecular formula is C12H12ClFN2O4. The van der Waals surface area contributed by atoms with Crippen LogP contribution in [0.15, 0.2) is 18.2 Å². The minimum atomic E-state index is -1.18. The van der Waals surface area contributed by atoms with Crippen molar-refractivity contribution in [2.75, 3.05) is 25.1 Å². The number of ether oxygens (including phenoxy) is 1. The number of carboxylic acids is 1. The molecule has 1 fully saturated rings. The number of nitrogens with one attached hydrogen (secondary N) is 1. The molecule has 2 amide bonds. The number of hydrogen-bond donors (Lipinski definition) is 2. The third-order valence-electron chi connectivity index (χ3n) is 2.87. The smallest absolute Gasteiger partial charge is 0.328 e. The largest absolute Gasteiger partial charge is 0.480 e. The number of para-hydroxylation sites is 1. The van der Waals surface area contributed by atoms with E-state index in [4.69, 9.17) is 21.4 Å². The fourth-order valence-corrected chi connectivity index (χ4v) is 2.06. The van der Waals surface area contributed by atoms with Crippen LogP contribution in [-0.2, 0) is 9.53 Å². The van der Waals surface area contributed by atoms with Gasteiger partial charge in [0.05, 0.1) is 23.9 Å². The zero-order valence-corrected chi connectivity index (χ0v) is 11.1. The van der Waals surface area contributed by atoms with Crippen molar-refractivity contribution in [3.05, 3.63) is 29.0 Å². The van der Waals surface area contributed by atoms with Crippen LogP contribution in [0.4, 0.5) is 14.9 Å². The summed E-state index contributed by atoms with van der Waals surface area (Å²) in [6.45, 7) is 0.227. The Balaban J connectivity index is 2.16. The van der Waals surface area contributed by atoms with Gasteiger partial charge in [0.1, 0.15) is 5.82 Å². The number of morpholine rings is 1. The predicted octanol–water partition coefficient (Wildman–Crippen LogP) is 1.80. The fraction of sp³-hybridized carbons (Fsp3) is 0.333. The van der Waals surface area contributed by atoms with Gasteiger partial charge in [0.2, 0.25) is 0 Å². The van der Waals surface area contributed by atoms with Crippen LogP contribution >= 0.6 is 11.6 Å². The number of urea groups is 1. The molecule has 8 heteroatoms. The maximum Gasteiger partial charge on any atom is 0.328 e. The van der Waals surface area contributed by atoms with Crippen LogP contribution in [0.5, 0.6) is 0 Å². The van der Waals surface area contributed by atoms with Crippen molar-refractivity contribution in [1.29, 1.82) is 0 Å². The zero-order valence-electron chi connectivity index (χ0n) is 10.3. The Hall–Kier alpha value is -1.86. The number of amides is 2. The molecule has 1 aromatic carbocycles. The van der Waals surface area contributed by atoms with Gasteiger partial charge in [0.15, 0.2) is 6.04 Å². The summed E-state index contributed by atoms with van der Waals surface area (Å²) in [7, 11) is 0. The van der Waals surface area contributed by atoms with E-state index in [1.165, 1.54) is 12.1 Å². The van der Waals surface area contributed by atoms with Gasteiger partial charge < -0.3 is 20.1 Å². The molecule has 0 saturated carbocycles. The molecule has 1 heterocycles. The highest BCUT2D eigenvalue weighted by Gasteiger charge is 2.33. The van der Waals surface area contributed by atoms with E-state index in [-0.39, 0.29) is 30.5 Å². The number of benzene rings is 1. The molecule has 108 valence electrons. The first-order valence-corrected chi connectivity index (χ1v) is 6.20. The van der Waals surface area contributed by atoms with Crippen molar-refractivity contribution in [2.45, 2.75) is 6.04 Å². The highest BCUT2D eigenvalue weighted by atomic mass is 35.5. The summed E-state index contributed by atoms with van der Waals surface area (Å²) < 4.78 is 18.6. The first-order valence-electron chi connectivity index (χ1n) is 5.83. The number of halogens is 2. The lowest BCUT2D eigenvalue weighted by Gasteiger charge is -2.32. The van der Waals surface area contributed by atoms with Crippen LogP contribution in [0.25, 0.3) is 0 Å². The normalized spacial score (nSPS) is 18.7. The van der Waals surface area contributed by atoms with Crippen LogP contribution in [-0.4, -0.2) is 47.8 Å². The van der Waals surface area contributed by atoms with Crippen LogP contribution < -0.4 is 5.32 Å². The number of carboxylic acid groups (broad SMARTS) is 1. The molecular weight excluding hydrogens is 291 g/mol. The van der Waals surface area contributed by atoms with E-state index in [9.17, 15) is 14.0 Å². The van der Waals surface area contributed by atoms with E-state index < -0.39 is 23.9 Å². The molecule has 0 aromatic heterocycles. The van der Waals surface area contributed by atoms with E-state index in [1.807, 2.05) is 0 Å².